The number of likely N-dealkylation sites (N-methyl/N-ethyl adjacent to an activating group) is 1. The summed E-state index contributed by atoms with van der Waals surface area (Å²) >= 11 is 1.11. The summed E-state index contributed by atoms with van der Waals surface area (Å²) in [5.74, 6) is -2.02. The number of benzene rings is 1. The van der Waals surface area contributed by atoms with Crippen LogP contribution in [0.1, 0.15) is 32.6 Å². The van der Waals surface area contributed by atoms with Crippen molar-refractivity contribution in [2.24, 2.45) is 0 Å². The molecule has 1 fully saturated rings. The van der Waals surface area contributed by atoms with Gasteiger partial charge < -0.3 is 14.7 Å². The van der Waals surface area contributed by atoms with Crippen LogP contribution in [0.3, 0.4) is 0 Å². The van der Waals surface area contributed by atoms with E-state index in [9.17, 15) is 14.0 Å². The molecule has 2 aromatic rings. The maximum absolute atomic E-state index is 14.3. The second-order valence-electron chi connectivity index (χ2n) is 6.52. The highest BCUT2D eigenvalue weighted by Gasteiger charge is 2.30. The minimum Gasteiger partial charge on any atom is -0.477 e. The molecule has 0 aliphatic carbocycles. The van der Waals surface area contributed by atoms with Crippen LogP contribution < -0.4 is 5.32 Å². The molecule has 6 nitrogen and oxygen atoms in total. The summed E-state index contributed by atoms with van der Waals surface area (Å²) in [5.41, 5.74) is 0.212. The summed E-state index contributed by atoms with van der Waals surface area (Å²) in [4.78, 5) is 26.8. The largest absolute Gasteiger partial charge is 0.477 e. The molecule has 1 saturated heterocycles. The number of hydrogen-bond acceptors (Lipinski definition) is 6. The van der Waals surface area contributed by atoms with Crippen molar-refractivity contribution in [1.82, 2.24) is 10.2 Å². The molecule has 0 radical (unpaired) electrons. The van der Waals surface area contributed by atoms with Crippen molar-refractivity contribution in [2.45, 2.75) is 25.1 Å². The van der Waals surface area contributed by atoms with Crippen molar-refractivity contribution in [3.63, 3.8) is 0 Å². The molecule has 0 bridgehead atoms. The van der Waals surface area contributed by atoms with Crippen LogP contribution in [-0.4, -0.2) is 48.2 Å². The first-order valence-corrected chi connectivity index (χ1v) is 9.44. The zero-order valence-electron chi connectivity index (χ0n) is 14.9. The molecule has 2 atom stereocenters. The van der Waals surface area contributed by atoms with Crippen LogP contribution in [0.5, 0.6) is 0 Å². The molecule has 0 saturated carbocycles. The lowest BCUT2D eigenvalue weighted by Crippen LogP contribution is -2.33. The molecule has 2 N–H and O–H groups in total. The van der Waals surface area contributed by atoms with Crippen LogP contribution in [0, 0.1) is 5.82 Å². The number of hydrogen-bond donors (Lipinski definition) is 2. The van der Waals surface area contributed by atoms with Crippen molar-refractivity contribution in [2.75, 3.05) is 20.1 Å². The van der Waals surface area contributed by atoms with Gasteiger partial charge in [0.05, 0.1) is 0 Å². The van der Waals surface area contributed by atoms with Gasteiger partial charge in [-0.1, -0.05) is 18.2 Å². The van der Waals surface area contributed by atoms with Crippen molar-refractivity contribution in [1.29, 1.82) is 0 Å². The highest BCUT2D eigenvalue weighted by Crippen LogP contribution is 2.23. The van der Waals surface area contributed by atoms with E-state index >= 15 is 0 Å². The monoisotopic (exact) mass is 392 g/mol. The lowest BCUT2D eigenvalue weighted by atomic mass is 10.1. The van der Waals surface area contributed by atoms with Crippen LogP contribution in [0.25, 0.3) is 0 Å². The van der Waals surface area contributed by atoms with Gasteiger partial charge in [0.25, 0.3) is 0 Å². The van der Waals surface area contributed by atoms with Gasteiger partial charge in [-0.2, -0.15) is 0 Å². The molecule has 1 unspecified atom stereocenters. The Kier molecular flexibility index (Phi) is 6.20. The summed E-state index contributed by atoms with van der Waals surface area (Å²) in [6.45, 7) is 1.74. The summed E-state index contributed by atoms with van der Waals surface area (Å²) in [6.07, 6.45) is 0.540. The van der Waals surface area contributed by atoms with E-state index < -0.39 is 23.8 Å². The average molecular weight is 392 g/mol. The molecule has 1 aromatic heterocycles. The number of esters is 1. The van der Waals surface area contributed by atoms with E-state index in [0.29, 0.717) is 6.54 Å². The molecule has 1 aromatic carbocycles. The van der Waals surface area contributed by atoms with Gasteiger partial charge in [0, 0.05) is 30.1 Å². The predicted molar refractivity (Wildman–Crippen MR) is 99.3 cm³/mol. The van der Waals surface area contributed by atoms with Crippen molar-refractivity contribution in [3.8, 4) is 0 Å². The van der Waals surface area contributed by atoms with Gasteiger partial charge in [0.15, 0.2) is 0 Å². The fraction of sp³-hybridized carbons (Fsp3) is 0.368. The number of nitrogens with zero attached hydrogens (tertiary/aromatic N) is 1. The number of carboxylic acids is 1. The number of rotatable bonds is 7. The highest BCUT2D eigenvalue weighted by atomic mass is 32.1. The second-order valence-corrected chi connectivity index (χ2v) is 7.68. The minimum atomic E-state index is -0.998. The van der Waals surface area contributed by atoms with Crippen LogP contribution in [0.4, 0.5) is 4.39 Å². The quantitative estimate of drug-likeness (QED) is 0.706. The normalized spacial score (nSPS) is 18.4. The van der Waals surface area contributed by atoms with Crippen molar-refractivity contribution < 1.29 is 23.8 Å². The number of carbonyl (C=O) groups excluding carboxylic acids is 1. The summed E-state index contributed by atoms with van der Waals surface area (Å²) in [5, 5.41) is 12.0. The standard InChI is InChI=1S/C19H21FN2O4S/c1-22-9-8-12(11-22)26-19(25)17(14-4-2-3-5-15(14)20)21-10-13-6-7-16(27-13)18(23)24/h2-7,12,17,21H,8-11H2,1H3,(H,23,24)/t12-,17?/m1/s1. The van der Waals surface area contributed by atoms with Gasteiger partial charge in [-0.3, -0.25) is 5.32 Å². The van der Waals surface area contributed by atoms with Crippen molar-refractivity contribution >= 4 is 23.3 Å². The van der Waals surface area contributed by atoms with E-state index in [1.807, 2.05) is 7.05 Å². The van der Waals surface area contributed by atoms with Gasteiger partial charge >= 0.3 is 11.9 Å². The molecule has 144 valence electrons. The first kappa shape index (κ1) is 19.5. The van der Waals surface area contributed by atoms with E-state index in [-0.39, 0.29) is 23.1 Å². The highest BCUT2D eigenvalue weighted by molar-refractivity contribution is 7.13. The fourth-order valence-electron chi connectivity index (χ4n) is 3.04. The summed E-state index contributed by atoms with van der Waals surface area (Å²) < 4.78 is 19.9. The molecule has 8 heteroatoms. The van der Waals surface area contributed by atoms with E-state index in [1.165, 1.54) is 12.1 Å². The van der Waals surface area contributed by atoms with Gasteiger partial charge in [0.1, 0.15) is 22.8 Å². The molecule has 2 heterocycles. The summed E-state index contributed by atoms with van der Waals surface area (Å²) in [7, 11) is 1.96. The molecule has 1 aliphatic heterocycles. The smallest absolute Gasteiger partial charge is 0.345 e. The molecule has 0 amide bonds. The summed E-state index contributed by atoms with van der Waals surface area (Å²) in [6, 6.07) is 8.29. The van der Waals surface area contributed by atoms with E-state index in [1.54, 1.807) is 24.3 Å². The molecular weight excluding hydrogens is 371 g/mol. The fourth-order valence-corrected chi connectivity index (χ4v) is 3.84. The maximum atomic E-state index is 14.3. The Hall–Kier alpha value is -2.29. The lowest BCUT2D eigenvalue weighted by molar-refractivity contribution is -0.151. The SMILES string of the molecule is CN1CC[C@@H](OC(=O)C(NCc2ccc(C(=O)O)s2)c2ccccc2F)C1. The van der Waals surface area contributed by atoms with Gasteiger partial charge in [-0.15, -0.1) is 11.3 Å². The number of carboxylic acid groups (broad SMARTS) is 1. The topological polar surface area (TPSA) is 78.9 Å². The van der Waals surface area contributed by atoms with E-state index in [2.05, 4.69) is 10.2 Å². The van der Waals surface area contributed by atoms with E-state index in [0.717, 1.165) is 29.2 Å². The number of nitrogens with one attached hydrogen (secondary N) is 1. The molecule has 3 rings (SSSR count). The zero-order valence-corrected chi connectivity index (χ0v) is 15.7. The lowest BCUT2D eigenvalue weighted by Gasteiger charge is -2.21. The number of thiophene rings is 1. The Morgan fingerprint density at radius 1 is 1.37 bits per heavy atom. The number of likely N-dealkylation sites (tertiary alicyclic amines) is 1. The third kappa shape index (κ3) is 4.91. The second kappa shape index (κ2) is 8.60. The zero-order chi connectivity index (χ0) is 19.4. The number of halogens is 1. The van der Waals surface area contributed by atoms with Crippen LogP contribution >= 0.6 is 11.3 Å². The van der Waals surface area contributed by atoms with Crippen LogP contribution in [-0.2, 0) is 16.1 Å². The molecular formula is C19H21FN2O4S. The third-order valence-corrected chi connectivity index (χ3v) is 5.51. The Labute approximate surface area is 160 Å². The first-order valence-electron chi connectivity index (χ1n) is 8.63. The molecule has 1 aliphatic rings. The van der Waals surface area contributed by atoms with Gasteiger partial charge in [0.2, 0.25) is 0 Å². The number of ether oxygens (including phenoxy) is 1. The van der Waals surface area contributed by atoms with Crippen LogP contribution in [0.15, 0.2) is 36.4 Å². The number of aromatic carboxylic acids is 1. The molecule has 0 spiro atoms. The number of carbonyl (C=O) groups is 2. The Bertz CT molecular complexity index is 826. The maximum Gasteiger partial charge on any atom is 0.345 e. The van der Waals surface area contributed by atoms with E-state index in [4.69, 9.17) is 9.84 Å². The third-order valence-electron chi connectivity index (χ3n) is 4.44. The van der Waals surface area contributed by atoms with Gasteiger partial charge in [-0.25, -0.2) is 14.0 Å². The Morgan fingerprint density at radius 2 is 2.15 bits per heavy atom. The predicted octanol–water partition coefficient (Wildman–Crippen LogP) is 2.66. The Morgan fingerprint density at radius 3 is 2.78 bits per heavy atom. The minimum absolute atomic E-state index is 0.209. The Balaban J connectivity index is 1.74. The van der Waals surface area contributed by atoms with Crippen LogP contribution in [0.2, 0.25) is 0 Å². The molecule has 27 heavy (non-hydrogen) atoms. The van der Waals surface area contributed by atoms with Gasteiger partial charge in [-0.05, 0) is 31.7 Å². The van der Waals surface area contributed by atoms with Crippen molar-refractivity contribution in [3.05, 3.63) is 57.5 Å². The first-order chi connectivity index (χ1) is 12.9. The average Bonchev–Trinajstić information content (AvgIpc) is 3.26.